The van der Waals surface area contributed by atoms with Gasteiger partial charge in [0.05, 0.1) is 23.9 Å². The highest BCUT2D eigenvalue weighted by molar-refractivity contribution is 8.00. The highest BCUT2D eigenvalue weighted by Gasteiger charge is 2.12. The number of thioether (sulfide) groups is 1. The molecular weight excluding hydrogens is 358 g/mol. The van der Waals surface area contributed by atoms with E-state index in [1.807, 2.05) is 50.2 Å². The Kier molecular flexibility index (Phi) is 5.63. The Hall–Kier alpha value is -3.04. The molecule has 1 aromatic heterocycles. The van der Waals surface area contributed by atoms with Gasteiger partial charge in [0.2, 0.25) is 5.91 Å². The lowest BCUT2D eigenvalue weighted by Gasteiger charge is -2.10. The number of carbonyl (C=O) groups excluding carboxylic acids is 1. The van der Waals surface area contributed by atoms with Crippen molar-refractivity contribution in [3.8, 4) is 11.8 Å². The number of pyridine rings is 1. The Morgan fingerprint density at radius 3 is 2.81 bits per heavy atom. The van der Waals surface area contributed by atoms with Crippen molar-refractivity contribution in [3.05, 3.63) is 59.2 Å². The lowest BCUT2D eigenvalue weighted by molar-refractivity contribution is -0.113. The number of fused-ring (bicyclic) bond motifs is 1. The van der Waals surface area contributed by atoms with E-state index >= 15 is 0 Å². The van der Waals surface area contributed by atoms with E-state index in [1.54, 1.807) is 13.2 Å². The average molecular weight is 377 g/mol. The minimum Gasteiger partial charge on any atom is -0.497 e. The van der Waals surface area contributed by atoms with Crippen LogP contribution < -0.4 is 10.1 Å². The maximum absolute atomic E-state index is 12.4. The van der Waals surface area contributed by atoms with Gasteiger partial charge in [-0.2, -0.15) is 5.26 Å². The van der Waals surface area contributed by atoms with Crippen LogP contribution in [-0.4, -0.2) is 23.8 Å². The van der Waals surface area contributed by atoms with E-state index in [2.05, 4.69) is 16.4 Å². The monoisotopic (exact) mass is 377 g/mol. The van der Waals surface area contributed by atoms with Gasteiger partial charge in [-0.3, -0.25) is 4.79 Å². The molecule has 0 unspecified atom stereocenters. The smallest absolute Gasteiger partial charge is 0.234 e. The normalized spacial score (nSPS) is 10.4. The number of ether oxygens (including phenoxy) is 1. The van der Waals surface area contributed by atoms with Gasteiger partial charge in [0.15, 0.2) is 0 Å². The number of hydrogen-bond donors (Lipinski definition) is 1. The molecule has 3 aromatic rings. The second-order valence-corrected chi connectivity index (χ2v) is 7.06. The Morgan fingerprint density at radius 2 is 2.07 bits per heavy atom. The van der Waals surface area contributed by atoms with Crippen molar-refractivity contribution < 1.29 is 9.53 Å². The maximum Gasteiger partial charge on any atom is 0.234 e. The minimum absolute atomic E-state index is 0.134. The summed E-state index contributed by atoms with van der Waals surface area (Å²) in [4.78, 5) is 16.9. The molecule has 0 saturated heterocycles. The number of methoxy groups -OCH3 is 1. The van der Waals surface area contributed by atoms with Crippen molar-refractivity contribution in [3.63, 3.8) is 0 Å². The maximum atomic E-state index is 12.4. The highest BCUT2D eigenvalue weighted by Crippen LogP contribution is 2.27. The Bertz CT molecular complexity index is 1060. The molecule has 1 heterocycles. The first-order valence-electron chi connectivity index (χ1n) is 8.39. The van der Waals surface area contributed by atoms with Gasteiger partial charge in [0.1, 0.15) is 16.8 Å². The van der Waals surface area contributed by atoms with Crippen LogP contribution in [0.4, 0.5) is 5.69 Å². The van der Waals surface area contributed by atoms with Gasteiger partial charge in [-0.1, -0.05) is 23.9 Å². The summed E-state index contributed by atoms with van der Waals surface area (Å²) in [6.45, 7) is 3.98. The van der Waals surface area contributed by atoms with E-state index in [-0.39, 0.29) is 11.7 Å². The van der Waals surface area contributed by atoms with E-state index in [0.717, 1.165) is 27.7 Å². The zero-order valence-corrected chi connectivity index (χ0v) is 16.2. The van der Waals surface area contributed by atoms with Gasteiger partial charge in [-0.15, -0.1) is 0 Å². The number of amides is 1. The standard InChI is InChI=1S/C21H19N3O2S/c1-13-5-4-6-18(14(13)2)23-20(25)12-27-21-16(11-22)9-15-7-8-17(26-3)10-19(15)24-21/h4-10H,12H2,1-3H3,(H,23,25). The molecule has 0 spiro atoms. The summed E-state index contributed by atoms with van der Waals surface area (Å²) in [5.41, 5.74) is 4.15. The summed E-state index contributed by atoms with van der Waals surface area (Å²) in [5, 5.41) is 13.7. The van der Waals surface area contributed by atoms with Gasteiger partial charge in [-0.25, -0.2) is 4.98 Å². The molecule has 0 aliphatic heterocycles. The third-order valence-corrected chi connectivity index (χ3v) is 5.32. The molecule has 3 rings (SSSR count). The second-order valence-electron chi connectivity index (χ2n) is 6.10. The van der Waals surface area contributed by atoms with Gasteiger partial charge in [0, 0.05) is 17.1 Å². The molecule has 1 amide bonds. The predicted molar refractivity (Wildman–Crippen MR) is 108 cm³/mol. The average Bonchev–Trinajstić information content (AvgIpc) is 2.68. The summed E-state index contributed by atoms with van der Waals surface area (Å²) in [5.74, 6) is 0.735. The fraction of sp³-hybridized carbons (Fsp3) is 0.190. The lowest BCUT2D eigenvalue weighted by Crippen LogP contribution is -2.15. The molecule has 6 heteroatoms. The van der Waals surface area contributed by atoms with Crippen molar-refractivity contribution in [2.24, 2.45) is 0 Å². The van der Waals surface area contributed by atoms with Crippen LogP contribution in [0, 0.1) is 25.2 Å². The number of nitrogens with one attached hydrogen (secondary N) is 1. The summed E-state index contributed by atoms with van der Waals surface area (Å²) >= 11 is 1.25. The van der Waals surface area contributed by atoms with Crippen molar-refractivity contribution in [1.29, 1.82) is 5.26 Å². The first kappa shape index (κ1) is 18.7. The number of aromatic nitrogens is 1. The zero-order valence-electron chi connectivity index (χ0n) is 15.4. The van der Waals surface area contributed by atoms with Crippen molar-refractivity contribution in [2.75, 3.05) is 18.2 Å². The summed E-state index contributed by atoms with van der Waals surface area (Å²) in [6.07, 6.45) is 0. The molecular formula is C21H19N3O2S. The molecule has 0 radical (unpaired) electrons. The van der Waals surface area contributed by atoms with E-state index in [4.69, 9.17) is 4.74 Å². The number of nitrogens with zero attached hydrogens (tertiary/aromatic N) is 2. The topological polar surface area (TPSA) is 75.0 Å². The van der Waals surface area contributed by atoms with Crippen molar-refractivity contribution in [1.82, 2.24) is 4.98 Å². The summed E-state index contributed by atoms with van der Waals surface area (Å²) < 4.78 is 5.23. The Labute approximate surface area is 162 Å². The molecule has 0 fully saturated rings. The van der Waals surface area contributed by atoms with Gasteiger partial charge in [-0.05, 0) is 49.2 Å². The van der Waals surface area contributed by atoms with E-state index in [1.165, 1.54) is 11.8 Å². The minimum atomic E-state index is -0.134. The molecule has 0 bridgehead atoms. The largest absolute Gasteiger partial charge is 0.497 e. The molecule has 0 aliphatic carbocycles. The van der Waals surface area contributed by atoms with Crippen LogP contribution in [0.1, 0.15) is 16.7 Å². The predicted octanol–water partition coefficient (Wildman–Crippen LogP) is 4.46. The summed E-state index contributed by atoms with van der Waals surface area (Å²) in [6, 6.07) is 15.3. The fourth-order valence-corrected chi connectivity index (χ4v) is 3.42. The van der Waals surface area contributed by atoms with Gasteiger partial charge >= 0.3 is 0 Å². The Balaban J connectivity index is 1.78. The number of aryl methyl sites for hydroxylation is 1. The van der Waals surface area contributed by atoms with Crippen LogP contribution in [0.25, 0.3) is 10.9 Å². The van der Waals surface area contributed by atoms with E-state index < -0.39 is 0 Å². The van der Waals surface area contributed by atoms with Crippen molar-refractivity contribution in [2.45, 2.75) is 18.9 Å². The van der Waals surface area contributed by atoms with E-state index in [0.29, 0.717) is 16.3 Å². The van der Waals surface area contributed by atoms with Gasteiger partial charge < -0.3 is 10.1 Å². The first-order valence-corrected chi connectivity index (χ1v) is 9.38. The van der Waals surface area contributed by atoms with E-state index in [9.17, 15) is 10.1 Å². The second kappa shape index (κ2) is 8.11. The quantitative estimate of drug-likeness (QED) is 0.664. The van der Waals surface area contributed by atoms with Gasteiger partial charge in [0.25, 0.3) is 0 Å². The van der Waals surface area contributed by atoms with Crippen LogP contribution in [-0.2, 0) is 4.79 Å². The van der Waals surface area contributed by atoms with Crippen LogP contribution in [0.5, 0.6) is 5.75 Å². The number of hydrogen-bond acceptors (Lipinski definition) is 5. The molecule has 0 saturated carbocycles. The van der Waals surface area contributed by atoms with Crippen LogP contribution in [0.15, 0.2) is 47.5 Å². The molecule has 1 N–H and O–H groups in total. The van der Waals surface area contributed by atoms with Crippen LogP contribution in [0.2, 0.25) is 0 Å². The number of rotatable bonds is 5. The molecule has 0 atom stereocenters. The number of anilines is 1. The number of nitriles is 1. The number of carbonyl (C=O) groups is 1. The zero-order chi connectivity index (χ0) is 19.4. The molecule has 27 heavy (non-hydrogen) atoms. The fourth-order valence-electron chi connectivity index (χ4n) is 2.65. The summed E-state index contributed by atoms with van der Waals surface area (Å²) in [7, 11) is 1.60. The SMILES string of the molecule is COc1ccc2cc(C#N)c(SCC(=O)Nc3cccc(C)c3C)nc2c1. The van der Waals surface area contributed by atoms with Crippen LogP contribution >= 0.6 is 11.8 Å². The molecule has 5 nitrogen and oxygen atoms in total. The third-order valence-electron chi connectivity index (χ3n) is 4.33. The first-order chi connectivity index (χ1) is 13.0. The lowest BCUT2D eigenvalue weighted by atomic mass is 10.1. The molecule has 136 valence electrons. The Morgan fingerprint density at radius 1 is 1.26 bits per heavy atom. The molecule has 2 aromatic carbocycles. The molecule has 0 aliphatic rings. The highest BCUT2D eigenvalue weighted by atomic mass is 32.2. The number of benzene rings is 2. The van der Waals surface area contributed by atoms with Crippen LogP contribution in [0.3, 0.4) is 0 Å². The third kappa shape index (κ3) is 4.21. The van der Waals surface area contributed by atoms with Crippen molar-refractivity contribution >= 4 is 34.3 Å².